The summed E-state index contributed by atoms with van der Waals surface area (Å²) in [6, 6.07) is 0.438. The molecule has 2 heterocycles. The van der Waals surface area contributed by atoms with Crippen LogP contribution >= 0.6 is 0 Å². The minimum atomic E-state index is 0.0535. The fourth-order valence-corrected chi connectivity index (χ4v) is 3.04. The molecule has 2 aliphatic heterocycles. The molecule has 2 saturated heterocycles. The zero-order valence-corrected chi connectivity index (χ0v) is 11.7. The van der Waals surface area contributed by atoms with Crippen molar-refractivity contribution in [1.29, 1.82) is 0 Å². The van der Waals surface area contributed by atoms with Gasteiger partial charge in [-0.1, -0.05) is 26.7 Å². The van der Waals surface area contributed by atoms with Crippen LogP contribution in [0.25, 0.3) is 0 Å². The van der Waals surface area contributed by atoms with Gasteiger partial charge < -0.3 is 9.64 Å². The first-order valence-corrected chi connectivity index (χ1v) is 7.43. The summed E-state index contributed by atoms with van der Waals surface area (Å²) in [5, 5.41) is 3.51. The van der Waals surface area contributed by atoms with Gasteiger partial charge in [0.2, 0.25) is 5.91 Å². The molecule has 1 amide bonds. The summed E-state index contributed by atoms with van der Waals surface area (Å²) < 4.78 is 5.40. The van der Waals surface area contributed by atoms with Crippen LogP contribution in [-0.2, 0) is 9.53 Å². The standard InChI is InChI=1S/C14H26N2O2/c1-3-5-6-12-14(17)16(13(4-2)15-12)11-7-9-18-10-8-11/h11-13,15H,3-10H2,1-2H3. The second-order valence-corrected chi connectivity index (χ2v) is 5.37. The Labute approximate surface area is 110 Å². The molecule has 2 atom stereocenters. The van der Waals surface area contributed by atoms with Gasteiger partial charge in [0.1, 0.15) is 0 Å². The molecule has 18 heavy (non-hydrogen) atoms. The van der Waals surface area contributed by atoms with Crippen LogP contribution in [0.4, 0.5) is 0 Å². The lowest BCUT2D eigenvalue weighted by Gasteiger charge is -2.34. The monoisotopic (exact) mass is 254 g/mol. The summed E-state index contributed by atoms with van der Waals surface area (Å²) in [4.78, 5) is 14.6. The van der Waals surface area contributed by atoms with Crippen molar-refractivity contribution in [3.05, 3.63) is 0 Å². The zero-order valence-electron chi connectivity index (χ0n) is 11.7. The third-order valence-corrected chi connectivity index (χ3v) is 4.10. The lowest BCUT2D eigenvalue weighted by atomic mass is 10.1. The first-order chi connectivity index (χ1) is 8.77. The summed E-state index contributed by atoms with van der Waals surface area (Å²) >= 11 is 0. The average molecular weight is 254 g/mol. The fourth-order valence-electron chi connectivity index (χ4n) is 3.04. The average Bonchev–Trinajstić information content (AvgIpc) is 2.74. The molecule has 0 aromatic rings. The minimum absolute atomic E-state index is 0.0535. The van der Waals surface area contributed by atoms with E-state index >= 15 is 0 Å². The summed E-state index contributed by atoms with van der Waals surface area (Å²) in [7, 11) is 0. The molecule has 1 N–H and O–H groups in total. The molecule has 0 bridgehead atoms. The summed E-state index contributed by atoms with van der Waals surface area (Å²) in [5.41, 5.74) is 0. The number of unbranched alkanes of at least 4 members (excludes halogenated alkanes) is 1. The molecular weight excluding hydrogens is 228 g/mol. The molecule has 2 unspecified atom stereocenters. The summed E-state index contributed by atoms with van der Waals surface area (Å²) in [5.74, 6) is 0.321. The molecular formula is C14H26N2O2. The number of nitrogens with one attached hydrogen (secondary N) is 1. The number of hydrogen-bond donors (Lipinski definition) is 1. The maximum Gasteiger partial charge on any atom is 0.241 e. The van der Waals surface area contributed by atoms with Gasteiger partial charge in [-0.25, -0.2) is 0 Å². The largest absolute Gasteiger partial charge is 0.381 e. The lowest BCUT2D eigenvalue weighted by Crippen LogP contribution is -2.46. The Morgan fingerprint density at radius 2 is 2.06 bits per heavy atom. The zero-order chi connectivity index (χ0) is 13.0. The van der Waals surface area contributed by atoms with Crippen LogP contribution in [0.3, 0.4) is 0 Å². The van der Waals surface area contributed by atoms with E-state index < -0.39 is 0 Å². The van der Waals surface area contributed by atoms with Gasteiger partial charge >= 0.3 is 0 Å². The molecule has 0 saturated carbocycles. The van der Waals surface area contributed by atoms with E-state index in [9.17, 15) is 4.79 Å². The number of carbonyl (C=O) groups is 1. The molecule has 0 aliphatic carbocycles. The van der Waals surface area contributed by atoms with Crippen LogP contribution in [0.15, 0.2) is 0 Å². The van der Waals surface area contributed by atoms with Crippen molar-refractivity contribution in [3.63, 3.8) is 0 Å². The Hall–Kier alpha value is -0.610. The van der Waals surface area contributed by atoms with E-state index in [1.807, 2.05) is 0 Å². The number of nitrogens with zero attached hydrogens (tertiary/aromatic N) is 1. The Morgan fingerprint density at radius 1 is 1.33 bits per heavy atom. The van der Waals surface area contributed by atoms with Crippen LogP contribution < -0.4 is 5.32 Å². The molecule has 0 aromatic heterocycles. The normalized spacial score (nSPS) is 30.1. The predicted octanol–water partition coefficient (Wildman–Crippen LogP) is 1.89. The molecule has 0 spiro atoms. The number of amides is 1. The molecule has 4 heteroatoms. The maximum atomic E-state index is 12.5. The molecule has 2 fully saturated rings. The van der Waals surface area contributed by atoms with Crippen LogP contribution in [-0.4, -0.2) is 42.3 Å². The van der Waals surface area contributed by atoms with E-state index in [-0.39, 0.29) is 12.2 Å². The highest BCUT2D eigenvalue weighted by Gasteiger charge is 2.41. The van der Waals surface area contributed by atoms with Gasteiger partial charge in [0, 0.05) is 19.3 Å². The predicted molar refractivity (Wildman–Crippen MR) is 71.2 cm³/mol. The number of rotatable bonds is 5. The number of carbonyl (C=O) groups excluding carboxylic acids is 1. The van der Waals surface area contributed by atoms with Gasteiger partial charge in [-0.05, 0) is 25.7 Å². The highest BCUT2D eigenvalue weighted by atomic mass is 16.5. The van der Waals surface area contributed by atoms with Crippen LogP contribution in [0.1, 0.15) is 52.4 Å². The summed E-state index contributed by atoms with van der Waals surface area (Å²) in [6.45, 7) is 5.92. The van der Waals surface area contributed by atoms with Crippen LogP contribution in [0, 0.1) is 0 Å². The van der Waals surface area contributed by atoms with Gasteiger partial charge in [0.15, 0.2) is 0 Å². The van der Waals surface area contributed by atoms with Gasteiger partial charge in [-0.3, -0.25) is 10.1 Å². The van der Waals surface area contributed by atoms with Crippen molar-refractivity contribution in [2.45, 2.75) is 70.6 Å². The smallest absolute Gasteiger partial charge is 0.241 e. The summed E-state index contributed by atoms with van der Waals surface area (Å²) in [6.07, 6.45) is 6.47. The Balaban J connectivity index is 2.00. The highest BCUT2D eigenvalue weighted by molar-refractivity contribution is 5.84. The topological polar surface area (TPSA) is 41.6 Å². The lowest BCUT2D eigenvalue weighted by molar-refractivity contribution is -0.134. The quantitative estimate of drug-likeness (QED) is 0.814. The molecule has 0 aromatic carbocycles. The Bertz CT molecular complexity index is 277. The minimum Gasteiger partial charge on any atom is -0.381 e. The fraction of sp³-hybridized carbons (Fsp3) is 0.929. The highest BCUT2D eigenvalue weighted by Crippen LogP contribution is 2.25. The van der Waals surface area contributed by atoms with Crippen molar-refractivity contribution in [2.24, 2.45) is 0 Å². The van der Waals surface area contributed by atoms with E-state index in [0.29, 0.717) is 11.9 Å². The third kappa shape index (κ3) is 2.86. The SMILES string of the molecule is CCCCC1NC(CC)N(C2CCOCC2)C1=O. The number of hydrogen-bond acceptors (Lipinski definition) is 3. The van der Waals surface area contributed by atoms with Crippen molar-refractivity contribution in [3.8, 4) is 0 Å². The Kier molecular flexibility index (Phi) is 5.01. The number of ether oxygens (including phenoxy) is 1. The molecule has 2 aliphatic rings. The second kappa shape index (κ2) is 6.53. The second-order valence-electron chi connectivity index (χ2n) is 5.37. The van der Waals surface area contributed by atoms with Gasteiger partial charge in [-0.15, -0.1) is 0 Å². The van der Waals surface area contributed by atoms with E-state index in [2.05, 4.69) is 24.1 Å². The van der Waals surface area contributed by atoms with Gasteiger partial charge in [0.25, 0.3) is 0 Å². The van der Waals surface area contributed by atoms with Crippen molar-refractivity contribution < 1.29 is 9.53 Å². The molecule has 2 rings (SSSR count). The van der Waals surface area contributed by atoms with E-state index in [0.717, 1.165) is 51.7 Å². The first-order valence-electron chi connectivity index (χ1n) is 7.43. The maximum absolute atomic E-state index is 12.5. The third-order valence-electron chi connectivity index (χ3n) is 4.10. The van der Waals surface area contributed by atoms with E-state index in [1.165, 1.54) is 0 Å². The van der Waals surface area contributed by atoms with Gasteiger partial charge in [-0.2, -0.15) is 0 Å². The molecule has 0 radical (unpaired) electrons. The van der Waals surface area contributed by atoms with E-state index in [4.69, 9.17) is 4.74 Å². The van der Waals surface area contributed by atoms with Crippen molar-refractivity contribution in [1.82, 2.24) is 10.2 Å². The van der Waals surface area contributed by atoms with E-state index in [1.54, 1.807) is 0 Å². The van der Waals surface area contributed by atoms with Crippen molar-refractivity contribution >= 4 is 5.91 Å². The first kappa shape index (κ1) is 13.8. The molecule has 4 nitrogen and oxygen atoms in total. The Morgan fingerprint density at radius 3 is 2.67 bits per heavy atom. The molecule has 104 valence electrons. The van der Waals surface area contributed by atoms with Crippen LogP contribution in [0.2, 0.25) is 0 Å². The van der Waals surface area contributed by atoms with Crippen molar-refractivity contribution in [2.75, 3.05) is 13.2 Å². The van der Waals surface area contributed by atoms with Crippen LogP contribution in [0.5, 0.6) is 0 Å². The van der Waals surface area contributed by atoms with Gasteiger partial charge in [0.05, 0.1) is 12.2 Å².